The van der Waals surface area contributed by atoms with Crippen molar-refractivity contribution in [3.8, 4) is 0 Å². The minimum Gasteiger partial charge on any atom is -0.312 e. The topological polar surface area (TPSA) is 12.0 Å². The number of hydrogen-bond acceptors (Lipinski definition) is 1. The zero-order valence-electron chi connectivity index (χ0n) is 9.91. The van der Waals surface area contributed by atoms with Crippen LogP contribution >= 0.6 is 0 Å². The van der Waals surface area contributed by atoms with Crippen molar-refractivity contribution < 1.29 is 0 Å². The highest BCUT2D eigenvalue weighted by molar-refractivity contribution is 5.14. The van der Waals surface area contributed by atoms with Crippen LogP contribution in [0.25, 0.3) is 0 Å². The Morgan fingerprint density at radius 1 is 1.12 bits per heavy atom. The summed E-state index contributed by atoms with van der Waals surface area (Å²) >= 11 is 0. The molecule has 0 bridgehead atoms. The van der Waals surface area contributed by atoms with Crippen LogP contribution in [0.2, 0.25) is 0 Å². The predicted molar refractivity (Wildman–Crippen MR) is 67.2 cm³/mol. The Kier molecular flexibility index (Phi) is 2.72. The molecule has 86 valence electrons. The molecule has 16 heavy (non-hydrogen) atoms. The van der Waals surface area contributed by atoms with Gasteiger partial charge in [-0.2, -0.15) is 0 Å². The van der Waals surface area contributed by atoms with E-state index >= 15 is 0 Å². The van der Waals surface area contributed by atoms with Crippen molar-refractivity contribution >= 4 is 0 Å². The first kappa shape index (κ1) is 10.3. The highest BCUT2D eigenvalue weighted by Gasteiger charge is 2.48. The molecule has 0 amide bonds. The number of benzene rings is 1. The van der Waals surface area contributed by atoms with Gasteiger partial charge in [0.2, 0.25) is 0 Å². The monoisotopic (exact) mass is 215 g/mol. The van der Waals surface area contributed by atoms with Crippen molar-refractivity contribution in [2.75, 3.05) is 6.54 Å². The lowest BCUT2D eigenvalue weighted by atomic mass is 9.65. The molecule has 1 nitrogen and oxygen atoms in total. The molecule has 0 heterocycles. The quantitative estimate of drug-likeness (QED) is 0.794. The van der Waals surface area contributed by atoms with Crippen molar-refractivity contribution in [2.24, 2.45) is 11.3 Å². The third-order valence-corrected chi connectivity index (χ3v) is 4.44. The van der Waals surface area contributed by atoms with Gasteiger partial charge in [0, 0.05) is 13.1 Å². The molecular formula is C15H21N. The molecule has 1 N–H and O–H groups in total. The molecule has 1 heteroatoms. The Labute approximate surface area is 98.3 Å². The van der Waals surface area contributed by atoms with Crippen LogP contribution in [-0.4, -0.2) is 6.54 Å². The van der Waals surface area contributed by atoms with Crippen LogP contribution in [0.15, 0.2) is 30.3 Å². The van der Waals surface area contributed by atoms with E-state index in [2.05, 4.69) is 35.6 Å². The lowest BCUT2D eigenvalue weighted by Crippen LogP contribution is -2.41. The van der Waals surface area contributed by atoms with Crippen LogP contribution in [0.5, 0.6) is 0 Å². The molecule has 3 rings (SSSR count). The summed E-state index contributed by atoms with van der Waals surface area (Å²) in [6.07, 6.45) is 7.39. The lowest BCUT2D eigenvalue weighted by molar-refractivity contribution is 0.0987. The summed E-state index contributed by atoms with van der Waals surface area (Å²) in [5.41, 5.74) is 2.11. The van der Waals surface area contributed by atoms with E-state index in [-0.39, 0.29) is 0 Å². The molecule has 1 aromatic carbocycles. The maximum atomic E-state index is 3.67. The highest BCUT2D eigenvalue weighted by atomic mass is 14.9. The number of rotatable bonds is 5. The van der Waals surface area contributed by atoms with Gasteiger partial charge in [0.25, 0.3) is 0 Å². The van der Waals surface area contributed by atoms with E-state index in [0.29, 0.717) is 5.41 Å². The minimum absolute atomic E-state index is 0.703. The van der Waals surface area contributed by atoms with Gasteiger partial charge in [-0.05, 0) is 42.6 Å². The zero-order valence-corrected chi connectivity index (χ0v) is 9.91. The Hall–Kier alpha value is -0.820. The maximum absolute atomic E-state index is 3.67. The first-order chi connectivity index (χ1) is 7.89. The second-order valence-corrected chi connectivity index (χ2v) is 5.58. The molecule has 0 saturated heterocycles. The van der Waals surface area contributed by atoms with Crippen LogP contribution in [0.3, 0.4) is 0 Å². The molecule has 0 aliphatic heterocycles. The molecule has 0 spiro atoms. The number of nitrogens with one attached hydrogen (secondary N) is 1. The largest absolute Gasteiger partial charge is 0.312 e. The fraction of sp³-hybridized carbons (Fsp3) is 0.600. The average Bonchev–Trinajstić information content (AvgIpc) is 3.08. The van der Waals surface area contributed by atoms with Gasteiger partial charge in [0.1, 0.15) is 0 Å². The zero-order chi connectivity index (χ0) is 10.8. The first-order valence-electron chi connectivity index (χ1n) is 6.64. The van der Waals surface area contributed by atoms with Crippen LogP contribution in [0, 0.1) is 11.3 Å². The molecule has 0 aromatic heterocycles. The third-order valence-electron chi connectivity index (χ3n) is 4.44. The first-order valence-corrected chi connectivity index (χ1v) is 6.64. The van der Waals surface area contributed by atoms with Crippen molar-refractivity contribution in [1.82, 2.24) is 5.32 Å². The normalized spacial score (nSPS) is 22.8. The summed E-state index contributed by atoms with van der Waals surface area (Å²) in [7, 11) is 0. The van der Waals surface area contributed by atoms with Gasteiger partial charge in [-0.1, -0.05) is 36.8 Å². The molecular weight excluding hydrogens is 194 g/mol. The summed E-state index contributed by atoms with van der Waals surface area (Å²) in [5.74, 6) is 1.06. The Morgan fingerprint density at radius 2 is 1.88 bits per heavy atom. The number of hydrogen-bond donors (Lipinski definition) is 1. The predicted octanol–water partition coefficient (Wildman–Crippen LogP) is 3.36. The van der Waals surface area contributed by atoms with Gasteiger partial charge < -0.3 is 5.32 Å². The van der Waals surface area contributed by atoms with E-state index in [9.17, 15) is 0 Å². The second kappa shape index (κ2) is 4.21. The Balaban J connectivity index is 1.49. The third kappa shape index (κ3) is 2.01. The van der Waals surface area contributed by atoms with E-state index < -0.39 is 0 Å². The summed E-state index contributed by atoms with van der Waals surface area (Å²) in [5, 5.41) is 3.67. The van der Waals surface area contributed by atoms with Crippen LogP contribution < -0.4 is 5.32 Å². The summed E-state index contributed by atoms with van der Waals surface area (Å²) in [4.78, 5) is 0. The minimum atomic E-state index is 0.703. The van der Waals surface area contributed by atoms with Gasteiger partial charge >= 0.3 is 0 Å². The molecule has 0 atom stereocenters. The molecule has 0 unspecified atom stereocenters. The van der Waals surface area contributed by atoms with E-state index in [1.165, 1.54) is 44.2 Å². The smallest absolute Gasteiger partial charge is 0.0205 e. The Morgan fingerprint density at radius 3 is 2.44 bits per heavy atom. The van der Waals surface area contributed by atoms with Crippen LogP contribution in [0.1, 0.15) is 37.7 Å². The lowest BCUT2D eigenvalue weighted by Gasteiger charge is -2.43. The van der Waals surface area contributed by atoms with Crippen molar-refractivity contribution in [3.05, 3.63) is 35.9 Å². The molecule has 2 aliphatic rings. The average molecular weight is 215 g/mol. The van der Waals surface area contributed by atoms with Crippen LogP contribution in [-0.2, 0) is 6.54 Å². The molecule has 0 radical (unpaired) electrons. The van der Waals surface area contributed by atoms with Crippen molar-refractivity contribution in [2.45, 2.75) is 38.6 Å². The molecule has 2 saturated carbocycles. The van der Waals surface area contributed by atoms with Crippen molar-refractivity contribution in [1.29, 1.82) is 0 Å². The van der Waals surface area contributed by atoms with E-state index in [1.807, 2.05) is 0 Å². The summed E-state index contributed by atoms with van der Waals surface area (Å²) in [6, 6.07) is 10.7. The molecule has 2 fully saturated rings. The van der Waals surface area contributed by atoms with E-state index in [4.69, 9.17) is 0 Å². The van der Waals surface area contributed by atoms with Crippen LogP contribution in [0.4, 0.5) is 0 Å². The Bertz CT molecular complexity index is 336. The standard InChI is InChI=1S/C15H21N/c1-2-5-13(6-3-1)11-16-12-15(9-4-10-15)14-7-8-14/h1-3,5-6,14,16H,4,7-12H2. The van der Waals surface area contributed by atoms with Crippen molar-refractivity contribution in [3.63, 3.8) is 0 Å². The molecule has 2 aliphatic carbocycles. The van der Waals surface area contributed by atoms with Gasteiger partial charge in [0.05, 0.1) is 0 Å². The maximum Gasteiger partial charge on any atom is 0.0205 e. The van der Waals surface area contributed by atoms with Gasteiger partial charge in [-0.3, -0.25) is 0 Å². The highest BCUT2D eigenvalue weighted by Crippen LogP contribution is 2.56. The SMILES string of the molecule is c1ccc(CNCC2(C3CC3)CCC2)cc1. The van der Waals surface area contributed by atoms with E-state index in [0.717, 1.165) is 12.5 Å². The van der Waals surface area contributed by atoms with Gasteiger partial charge in [-0.25, -0.2) is 0 Å². The van der Waals surface area contributed by atoms with E-state index in [1.54, 1.807) is 0 Å². The molecule has 1 aromatic rings. The summed E-state index contributed by atoms with van der Waals surface area (Å²) < 4.78 is 0. The second-order valence-electron chi connectivity index (χ2n) is 5.58. The summed E-state index contributed by atoms with van der Waals surface area (Å²) in [6.45, 7) is 2.28. The fourth-order valence-corrected chi connectivity index (χ4v) is 3.11. The van der Waals surface area contributed by atoms with Gasteiger partial charge in [0.15, 0.2) is 0 Å². The fourth-order valence-electron chi connectivity index (χ4n) is 3.11. The van der Waals surface area contributed by atoms with Gasteiger partial charge in [-0.15, -0.1) is 0 Å².